The van der Waals surface area contributed by atoms with Gasteiger partial charge in [-0.15, -0.1) is 0 Å². The van der Waals surface area contributed by atoms with Crippen molar-refractivity contribution >= 4 is 49.3 Å². The fourth-order valence-electron chi connectivity index (χ4n) is 5.13. The van der Waals surface area contributed by atoms with Gasteiger partial charge in [0.05, 0.1) is 21.8 Å². The molecule has 40 heavy (non-hydrogen) atoms. The van der Waals surface area contributed by atoms with Crippen LogP contribution in [0.25, 0.3) is 0 Å². The second kappa shape index (κ2) is 8.71. The van der Waals surface area contributed by atoms with Gasteiger partial charge >= 0.3 is 12.0 Å². The lowest BCUT2D eigenvalue weighted by Crippen LogP contribution is -2.33. The van der Waals surface area contributed by atoms with Crippen LogP contribution in [-0.2, 0) is 20.4 Å². The van der Waals surface area contributed by atoms with E-state index in [1.165, 1.54) is 48.5 Å². The number of halogens is 1. The predicted molar refractivity (Wildman–Crippen MR) is 145 cm³/mol. The van der Waals surface area contributed by atoms with E-state index in [2.05, 4.69) is 15.9 Å². The molecule has 11 nitrogen and oxygen atoms in total. The molecule has 6 N–H and O–H groups in total. The highest BCUT2D eigenvalue weighted by Crippen LogP contribution is 2.58. The molecule has 0 aliphatic carbocycles. The van der Waals surface area contributed by atoms with Crippen LogP contribution in [0.3, 0.4) is 0 Å². The van der Waals surface area contributed by atoms with Crippen LogP contribution >= 0.6 is 15.9 Å². The SMILES string of the molecule is NC(=O)N(c1ccc(S(N)(=O)=O)cc1Br)c1cccc2c1C(=O)OC21c2ccc(O)cc2Oc2cc(O)ccc21. The van der Waals surface area contributed by atoms with Crippen LogP contribution in [0.15, 0.2) is 82.2 Å². The molecule has 0 aromatic heterocycles. The van der Waals surface area contributed by atoms with E-state index >= 15 is 0 Å². The van der Waals surface area contributed by atoms with Crippen molar-refractivity contribution in [3.8, 4) is 23.0 Å². The van der Waals surface area contributed by atoms with Crippen molar-refractivity contribution in [1.82, 2.24) is 0 Å². The number of anilines is 2. The molecule has 6 rings (SSSR count). The summed E-state index contributed by atoms with van der Waals surface area (Å²) in [7, 11) is -4.04. The number of primary amides is 1. The standard InChI is InChI=1S/C27H18BrN3O8S/c28-19-12-15(40(30,36)37)6-9-20(19)31(26(29)35)21-3-1-2-18-24(21)25(34)39-27(18)16-7-4-13(32)10-22(16)38-23-11-14(33)5-8-17(23)27/h1-12,32-33H,(H2,29,35)(H2,30,36,37). The lowest BCUT2D eigenvalue weighted by atomic mass is 9.77. The first-order valence-corrected chi connectivity index (χ1v) is 13.9. The third-order valence-corrected chi connectivity index (χ3v) is 8.28. The minimum absolute atomic E-state index is 0.0173. The molecule has 4 aromatic rings. The average Bonchev–Trinajstić information content (AvgIpc) is 3.17. The van der Waals surface area contributed by atoms with Gasteiger partial charge in [0.2, 0.25) is 10.0 Å². The van der Waals surface area contributed by atoms with Gasteiger partial charge in [-0.05, 0) is 64.5 Å². The van der Waals surface area contributed by atoms with Gasteiger partial charge in [0.25, 0.3) is 0 Å². The monoisotopic (exact) mass is 623 g/mol. The first-order valence-electron chi connectivity index (χ1n) is 11.6. The fourth-order valence-corrected chi connectivity index (χ4v) is 6.38. The molecule has 2 aliphatic rings. The number of aromatic hydroxyl groups is 2. The molecular weight excluding hydrogens is 606 g/mol. The summed E-state index contributed by atoms with van der Waals surface area (Å²) >= 11 is 3.28. The highest BCUT2D eigenvalue weighted by atomic mass is 79.9. The Hall–Kier alpha value is -4.59. The number of urea groups is 1. The van der Waals surface area contributed by atoms with Gasteiger partial charge in [-0.1, -0.05) is 12.1 Å². The molecule has 2 amide bonds. The first kappa shape index (κ1) is 25.7. The third kappa shape index (κ3) is 3.70. The van der Waals surface area contributed by atoms with Crippen molar-refractivity contribution in [1.29, 1.82) is 0 Å². The second-order valence-electron chi connectivity index (χ2n) is 9.07. The molecule has 4 aromatic carbocycles. The topological polar surface area (TPSA) is 182 Å². The normalized spacial score (nSPS) is 14.5. The van der Waals surface area contributed by atoms with Crippen molar-refractivity contribution in [2.24, 2.45) is 10.9 Å². The number of nitrogens with zero attached hydrogens (tertiary/aromatic N) is 1. The van der Waals surface area contributed by atoms with Gasteiger partial charge < -0.3 is 25.4 Å². The zero-order chi connectivity index (χ0) is 28.6. The molecule has 1 spiro atoms. The summed E-state index contributed by atoms with van der Waals surface area (Å²) in [6.07, 6.45) is 0. The Morgan fingerprint density at radius 1 is 0.875 bits per heavy atom. The van der Waals surface area contributed by atoms with Gasteiger partial charge in [0.1, 0.15) is 23.0 Å². The molecule has 0 bridgehead atoms. The number of primary sulfonamides is 1. The quantitative estimate of drug-likeness (QED) is 0.244. The number of phenols is 2. The van der Waals surface area contributed by atoms with Crippen LogP contribution in [0.2, 0.25) is 0 Å². The van der Waals surface area contributed by atoms with E-state index in [1.54, 1.807) is 24.3 Å². The number of carbonyl (C=O) groups excluding carboxylic acids is 2. The largest absolute Gasteiger partial charge is 0.508 e. The Bertz CT molecular complexity index is 1840. The Morgan fingerprint density at radius 2 is 1.50 bits per heavy atom. The fraction of sp³-hybridized carbons (Fsp3) is 0.0370. The van der Waals surface area contributed by atoms with Crippen molar-refractivity contribution in [3.63, 3.8) is 0 Å². The van der Waals surface area contributed by atoms with Crippen LogP contribution in [0.4, 0.5) is 16.2 Å². The van der Waals surface area contributed by atoms with Crippen molar-refractivity contribution in [3.05, 3.63) is 99.5 Å². The molecule has 0 saturated carbocycles. The number of nitrogens with two attached hydrogens (primary N) is 2. The number of carbonyl (C=O) groups is 2. The summed E-state index contributed by atoms with van der Waals surface area (Å²) in [5.41, 5.74) is 5.60. The minimum atomic E-state index is -4.04. The Kier molecular flexibility index (Phi) is 5.59. The summed E-state index contributed by atoms with van der Waals surface area (Å²) in [4.78, 5) is 27.4. The number of benzene rings is 4. The molecule has 2 aliphatic heterocycles. The molecule has 0 atom stereocenters. The number of sulfonamides is 1. The maximum atomic E-state index is 13.7. The van der Waals surface area contributed by atoms with E-state index < -0.39 is 27.6 Å². The smallest absolute Gasteiger partial charge is 0.342 e. The van der Waals surface area contributed by atoms with E-state index in [0.717, 1.165) is 4.90 Å². The Labute approximate surface area is 235 Å². The molecular formula is C27H18BrN3O8S. The highest BCUT2D eigenvalue weighted by Gasteiger charge is 2.55. The third-order valence-electron chi connectivity index (χ3n) is 6.73. The Balaban J connectivity index is 1.62. The van der Waals surface area contributed by atoms with Gasteiger partial charge in [-0.3, -0.25) is 4.90 Å². The molecule has 2 heterocycles. The summed E-state index contributed by atoms with van der Waals surface area (Å²) in [6.45, 7) is 0. The molecule has 202 valence electrons. The highest BCUT2D eigenvalue weighted by molar-refractivity contribution is 9.10. The number of rotatable bonds is 3. The van der Waals surface area contributed by atoms with Crippen molar-refractivity contribution in [2.75, 3.05) is 4.90 Å². The molecule has 0 fully saturated rings. The first-order chi connectivity index (χ1) is 18.9. The molecule has 13 heteroatoms. The minimum Gasteiger partial charge on any atom is -0.508 e. The lowest BCUT2D eigenvalue weighted by molar-refractivity contribution is 0.0224. The van der Waals surface area contributed by atoms with Crippen molar-refractivity contribution in [2.45, 2.75) is 10.5 Å². The lowest BCUT2D eigenvalue weighted by Gasteiger charge is -2.36. The van der Waals surface area contributed by atoms with Crippen molar-refractivity contribution < 1.29 is 37.7 Å². The van der Waals surface area contributed by atoms with Crippen LogP contribution in [-0.4, -0.2) is 30.6 Å². The van der Waals surface area contributed by atoms with Gasteiger partial charge in [0, 0.05) is 33.3 Å². The van der Waals surface area contributed by atoms with Gasteiger partial charge in [-0.25, -0.2) is 23.1 Å². The number of hydrogen-bond acceptors (Lipinski definition) is 8. The summed E-state index contributed by atoms with van der Waals surface area (Å²) in [5, 5.41) is 25.5. The summed E-state index contributed by atoms with van der Waals surface area (Å²) < 4.78 is 35.9. The van der Waals surface area contributed by atoms with E-state index in [0.29, 0.717) is 16.7 Å². The number of hydrogen-bond donors (Lipinski definition) is 4. The summed E-state index contributed by atoms with van der Waals surface area (Å²) in [5.74, 6) is -0.587. The molecule has 0 radical (unpaired) electrons. The predicted octanol–water partition coefficient (Wildman–Crippen LogP) is 4.29. The van der Waals surface area contributed by atoms with Crippen LogP contribution in [0.5, 0.6) is 23.0 Å². The van der Waals surface area contributed by atoms with E-state index in [9.17, 15) is 28.2 Å². The van der Waals surface area contributed by atoms with Crippen LogP contribution < -0.4 is 20.5 Å². The number of amides is 2. The van der Waals surface area contributed by atoms with E-state index in [-0.39, 0.29) is 49.3 Å². The molecule has 0 unspecified atom stereocenters. The average molecular weight is 624 g/mol. The number of phenolic OH excluding ortho intramolecular Hbond substituents is 2. The zero-order valence-corrected chi connectivity index (χ0v) is 22.6. The summed E-state index contributed by atoms with van der Waals surface area (Å²) in [6, 6.07) is 16.2. The maximum Gasteiger partial charge on any atom is 0.342 e. The van der Waals surface area contributed by atoms with Gasteiger partial charge in [-0.2, -0.15) is 0 Å². The number of ether oxygens (including phenoxy) is 2. The second-order valence-corrected chi connectivity index (χ2v) is 11.5. The van der Waals surface area contributed by atoms with Crippen LogP contribution in [0.1, 0.15) is 27.0 Å². The van der Waals surface area contributed by atoms with E-state index in [4.69, 9.17) is 20.3 Å². The van der Waals surface area contributed by atoms with Gasteiger partial charge in [0.15, 0.2) is 5.60 Å². The van der Waals surface area contributed by atoms with Crippen LogP contribution in [0, 0.1) is 0 Å². The maximum absolute atomic E-state index is 13.7. The molecule has 0 saturated heterocycles. The van der Waals surface area contributed by atoms with E-state index in [1.807, 2.05) is 0 Å². The number of esters is 1. The Morgan fingerprint density at radius 3 is 2.05 bits per heavy atom. The zero-order valence-electron chi connectivity index (χ0n) is 20.2. The number of fused-ring (bicyclic) bond motifs is 6.